The predicted octanol–water partition coefficient (Wildman–Crippen LogP) is 8.55. The summed E-state index contributed by atoms with van der Waals surface area (Å²) in [5, 5.41) is 7.66. The molecule has 0 bridgehead atoms. The number of anilines is 4. The Hall–Kier alpha value is -4.37. The van der Waals surface area contributed by atoms with E-state index in [9.17, 15) is 4.39 Å². The van der Waals surface area contributed by atoms with Crippen molar-refractivity contribution in [3.63, 3.8) is 0 Å². The van der Waals surface area contributed by atoms with Crippen LogP contribution in [-0.2, 0) is 4.74 Å². The molecule has 0 radical (unpaired) electrons. The van der Waals surface area contributed by atoms with Gasteiger partial charge in [0.05, 0.1) is 43.2 Å². The summed E-state index contributed by atoms with van der Waals surface area (Å²) in [6, 6.07) is 12.3. The van der Waals surface area contributed by atoms with E-state index in [1.54, 1.807) is 12.4 Å². The van der Waals surface area contributed by atoms with Crippen LogP contribution >= 0.6 is 0 Å². The molecule has 0 saturated carbocycles. The summed E-state index contributed by atoms with van der Waals surface area (Å²) in [5.74, 6) is -0.0211. The molecule has 0 amide bonds. The lowest BCUT2D eigenvalue weighted by Crippen LogP contribution is -2.37. The molecular weight excluding hydrogens is 553 g/mol. The molecule has 1 saturated heterocycles. The Morgan fingerprint density at radius 1 is 1.02 bits per heavy atom. The van der Waals surface area contributed by atoms with Crippen molar-refractivity contribution in [2.45, 2.75) is 61.3 Å². The van der Waals surface area contributed by atoms with Gasteiger partial charge in [-0.3, -0.25) is 4.98 Å². The maximum Gasteiger partial charge on any atom is 0.245 e. The molecule has 4 rings (SSSR count). The van der Waals surface area contributed by atoms with E-state index < -0.39 is 5.82 Å². The maximum atomic E-state index is 14.3. The fourth-order valence-corrected chi connectivity index (χ4v) is 4.87. The molecule has 0 atom stereocenters. The molecule has 0 spiro atoms. The number of rotatable bonds is 11. The van der Waals surface area contributed by atoms with E-state index in [-0.39, 0.29) is 11.8 Å². The Morgan fingerprint density at radius 3 is 2.45 bits per heavy atom. The predicted molar refractivity (Wildman–Crippen MR) is 182 cm³/mol. The van der Waals surface area contributed by atoms with Gasteiger partial charge in [0.15, 0.2) is 11.6 Å². The molecule has 2 N–H and O–H groups in total. The molecule has 2 aromatic heterocycles. The Labute approximate surface area is 261 Å². The fraction of sp³-hybridized carbons (Fsp3) is 0.371. The summed E-state index contributed by atoms with van der Waals surface area (Å²) < 4.78 is 19.6. The summed E-state index contributed by atoms with van der Waals surface area (Å²) in [7, 11) is 0. The second kappa shape index (κ2) is 17.7. The van der Waals surface area contributed by atoms with Gasteiger partial charge in [0.1, 0.15) is 0 Å². The number of pyridine rings is 1. The van der Waals surface area contributed by atoms with E-state index in [1.165, 1.54) is 27.9 Å². The third-order valence-corrected chi connectivity index (χ3v) is 7.19. The lowest BCUT2D eigenvalue weighted by Gasteiger charge is -2.27. The quantitative estimate of drug-likeness (QED) is 0.130. The molecule has 3 heterocycles. The molecule has 0 aliphatic carbocycles. The third kappa shape index (κ3) is 9.31. The van der Waals surface area contributed by atoms with Crippen molar-refractivity contribution >= 4 is 34.9 Å². The Balaban J connectivity index is 0.00000259. The van der Waals surface area contributed by atoms with Crippen LogP contribution in [0.5, 0.6) is 0 Å². The Morgan fingerprint density at radius 2 is 1.80 bits per heavy atom. The highest BCUT2D eigenvalue weighted by molar-refractivity contribution is 5.84. The summed E-state index contributed by atoms with van der Waals surface area (Å²) in [6.45, 7) is 17.1. The first-order chi connectivity index (χ1) is 21.4. The van der Waals surface area contributed by atoms with Crippen molar-refractivity contribution in [2.24, 2.45) is 5.10 Å². The van der Waals surface area contributed by atoms with Gasteiger partial charge >= 0.3 is 0 Å². The van der Waals surface area contributed by atoms with Gasteiger partial charge in [-0.15, -0.1) is 0 Å². The van der Waals surface area contributed by atoms with Crippen molar-refractivity contribution in [3.8, 4) is 0 Å². The van der Waals surface area contributed by atoms with E-state index in [4.69, 9.17) is 4.74 Å². The van der Waals surface area contributed by atoms with Crippen molar-refractivity contribution in [3.05, 3.63) is 94.7 Å². The van der Waals surface area contributed by atoms with Crippen LogP contribution in [0, 0.1) is 5.82 Å². The van der Waals surface area contributed by atoms with Crippen LogP contribution in [0.2, 0.25) is 0 Å². The molecule has 1 aliphatic heterocycles. The smallest absolute Gasteiger partial charge is 0.245 e. The zero-order valence-electron chi connectivity index (χ0n) is 27.1. The Bertz CT molecular complexity index is 1470. The highest BCUT2D eigenvalue weighted by Gasteiger charge is 2.18. The van der Waals surface area contributed by atoms with Crippen LogP contribution in [0.4, 0.5) is 27.5 Å². The van der Waals surface area contributed by atoms with E-state index in [0.717, 1.165) is 30.4 Å². The summed E-state index contributed by atoms with van der Waals surface area (Å²) in [5.41, 5.74) is 11.8. The molecule has 44 heavy (non-hydrogen) atoms. The summed E-state index contributed by atoms with van der Waals surface area (Å²) >= 11 is 0. The van der Waals surface area contributed by atoms with Crippen LogP contribution < -0.4 is 15.6 Å². The number of hydrogen-bond acceptors (Lipinski definition) is 8. The summed E-state index contributed by atoms with van der Waals surface area (Å²) in [6.07, 6.45) is 10.8. The molecular formula is C35H46FN7O. The largest absolute Gasteiger partial charge is 0.378 e. The number of benzene rings is 1. The fourth-order valence-electron chi connectivity index (χ4n) is 4.87. The number of morpholine rings is 1. The van der Waals surface area contributed by atoms with E-state index in [0.29, 0.717) is 32.0 Å². The van der Waals surface area contributed by atoms with Crippen molar-refractivity contribution in [1.29, 1.82) is 0 Å². The number of allylic oxidation sites excluding steroid dienone is 6. The molecule has 1 aliphatic rings. The number of nitrogens with zero attached hydrogens (tertiary/aromatic N) is 5. The van der Waals surface area contributed by atoms with E-state index in [2.05, 4.69) is 102 Å². The number of hydrazone groups is 1. The normalized spacial score (nSPS) is 14.6. The molecule has 0 unspecified atom stereocenters. The van der Waals surface area contributed by atoms with Crippen LogP contribution in [0.1, 0.15) is 72.6 Å². The lowest BCUT2D eigenvalue weighted by atomic mass is 9.89. The van der Waals surface area contributed by atoms with Gasteiger partial charge in [-0.25, -0.2) is 14.8 Å². The molecule has 234 valence electrons. The second-order valence-corrected chi connectivity index (χ2v) is 10.0. The first-order valence-corrected chi connectivity index (χ1v) is 15.4. The second-order valence-electron chi connectivity index (χ2n) is 10.0. The van der Waals surface area contributed by atoms with Gasteiger partial charge in [0, 0.05) is 18.8 Å². The third-order valence-electron chi connectivity index (χ3n) is 7.19. The zero-order valence-corrected chi connectivity index (χ0v) is 27.1. The van der Waals surface area contributed by atoms with E-state index >= 15 is 0 Å². The van der Waals surface area contributed by atoms with Crippen LogP contribution in [0.3, 0.4) is 0 Å². The SMILES string of the molecule is C/C=C\C(CC)=C(\C)C(=C(C)CC)c1cccc(Nc2ccc(/C=N/Nc3ncc(F)c(N4CCOCC4)n3)nc2)c1.CC. The highest BCUT2D eigenvalue weighted by atomic mass is 19.1. The first kappa shape index (κ1) is 34.1. The zero-order chi connectivity index (χ0) is 31.9. The highest BCUT2D eigenvalue weighted by Crippen LogP contribution is 2.33. The first-order valence-electron chi connectivity index (χ1n) is 15.4. The Kier molecular flexibility index (Phi) is 13.7. The molecule has 8 nitrogen and oxygen atoms in total. The average molecular weight is 600 g/mol. The topological polar surface area (TPSA) is 87.6 Å². The molecule has 9 heteroatoms. The van der Waals surface area contributed by atoms with Crippen molar-refractivity contribution in [1.82, 2.24) is 15.0 Å². The molecule has 1 fully saturated rings. The maximum absolute atomic E-state index is 14.3. The van der Waals surface area contributed by atoms with E-state index in [1.807, 2.05) is 30.9 Å². The minimum absolute atomic E-state index is 0.209. The number of nitrogens with one attached hydrogen (secondary N) is 2. The number of hydrogen-bond donors (Lipinski definition) is 2. The van der Waals surface area contributed by atoms with Crippen LogP contribution in [-0.4, -0.2) is 47.5 Å². The number of ether oxygens (including phenoxy) is 1. The standard InChI is InChI=1S/C33H40FN7O.C2H6/c1-6-10-25(8-3)24(5)31(23(4)7-2)26-11-9-12-27(19-26)38-29-14-13-28(35-20-29)21-37-40-33-36-22-30(34)32(39-33)41-15-17-42-18-16-41;1-2/h6,9-14,19-22,38H,7-8,15-18H2,1-5H3,(H,36,39,40);1-2H3/b10-6-,25-24-,31-23?,37-21+;. The van der Waals surface area contributed by atoms with Gasteiger partial charge in [-0.05, 0) is 80.2 Å². The minimum Gasteiger partial charge on any atom is -0.378 e. The monoisotopic (exact) mass is 599 g/mol. The van der Waals surface area contributed by atoms with Crippen molar-refractivity contribution < 1.29 is 9.13 Å². The van der Waals surface area contributed by atoms with Gasteiger partial charge in [0.2, 0.25) is 5.95 Å². The van der Waals surface area contributed by atoms with Gasteiger partial charge in [-0.1, -0.05) is 57.6 Å². The van der Waals surface area contributed by atoms with Crippen LogP contribution in [0.15, 0.2) is 82.8 Å². The molecule has 1 aromatic carbocycles. The van der Waals surface area contributed by atoms with Gasteiger partial charge in [-0.2, -0.15) is 10.1 Å². The molecule has 3 aromatic rings. The summed E-state index contributed by atoms with van der Waals surface area (Å²) in [4.78, 5) is 14.6. The minimum atomic E-state index is -0.472. The number of halogens is 1. The van der Waals surface area contributed by atoms with Crippen molar-refractivity contribution in [2.75, 3.05) is 41.9 Å². The lowest BCUT2D eigenvalue weighted by molar-refractivity contribution is 0.122. The number of aromatic nitrogens is 3. The van der Waals surface area contributed by atoms with Gasteiger partial charge in [0.25, 0.3) is 0 Å². The van der Waals surface area contributed by atoms with Crippen LogP contribution in [0.25, 0.3) is 5.57 Å². The van der Waals surface area contributed by atoms with Gasteiger partial charge < -0.3 is 15.0 Å². The average Bonchev–Trinajstić information content (AvgIpc) is 3.06.